The van der Waals surface area contributed by atoms with Crippen molar-refractivity contribution < 1.29 is 22.0 Å². The maximum atomic E-state index is 14.0. The van der Waals surface area contributed by atoms with Crippen LogP contribution in [0.2, 0.25) is 0 Å². The number of nitrogens with one attached hydrogen (secondary N) is 2. The fourth-order valence-corrected chi connectivity index (χ4v) is 5.41. The van der Waals surface area contributed by atoms with E-state index < -0.39 is 26.6 Å². The molecule has 0 radical (unpaired) electrons. The smallest absolute Gasteiger partial charge is 0.319 e. The quantitative estimate of drug-likeness (QED) is 0.634. The third-order valence-corrected chi connectivity index (χ3v) is 7.62. The maximum Gasteiger partial charge on any atom is 0.319 e. The monoisotopic (exact) mass is 481 g/mol. The number of likely N-dealkylation sites (tertiary alicyclic amines) is 1. The highest BCUT2D eigenvalue weighted by Gasteiger charge is 2.32. The van der Waals surface area contributed by atoms with Gasteiger partial charge in [0.2, 0.25) is 10.0 Å². The van der Waals surface area contributed by atoms with E-state index in [4.69, 9.17) is 0 Å². The molecule has 2 N–H and O–H groups in total. The number of benzene rings is 1. The summed E-state index contributed by atoms with van der Waals surface area (Å²) in [5.41, 5.74) is 2.32. The Morgan fingerprint density at radius 1 is 1.15 bits per heavy atom. The van der Waals surface area contributed by atoms with Gasteiger partial charge in [-0.3, -0.25) is 4.98 Å². The summed E-state index contributed by atoms with van der Waals surface area (Å²) in [4.78, 5) is 18.0. The van der Waals surface area contributed by atoms with Crippen LogP contribution in [0.5, 0.6) is 0 Å². The van der Waals surface area contributed by atoms with Gasteiger partial charge in [0, 0.05) is 49.3 Å². The second kappa shape index (κ2) is 10.5. The van der Waals surface area contributed by atoms with Gasteiger partial charge in [-0.25, -0.2) is 22.0 Å². The summed E-state index contributed by atoms with van der Waals surface area (Å²) in [6.45, 7) is 6.06. The number of nitrogens with zero attached hydrogens (tertiary/aromatic N) is 3. The van der Waals surface area contributed by atoms with Gasteiger partial charge in [0.15, 0.2) is 0 Å². The first-order chi connectivity index (χ1) is 15.6. The summed E-state index contributed by atoms with van der Waals surface area (Å²) in [6.07, 6.45) is 1.14. The first-order valence-electron chi connectivity index (χ1n) is 10.7. The number of rotatable bonds is 7. The molecule has 2 heterocycles. The molecule has 0 unspecified atom stereocenters. The minimum atomic E-state index is -4.06. The van der Waals surface area contributed by atoms with E-state index in [1.54, 1.807) is 12.1 Å². The molecule has 0 bridgehead atoms. The lowest BCUT2D eigenvalue weighted by Gasteiger charge is -2.36. The van der Waals surface area contributed by atoms with E-state index in [-0.39, 0.29) is 12.1 Å². The molecule has 8 nitrogen and oxygen atoms in total. The van der Waals surface area contributed by atoms with E-state index in [0.29, 0.717) is 50.8 Å². The lowest BCUT2D eigenvalue weighted by atomic mass is 10.1. The number of sulfonamides is 1. The number of urea groups is 1. The van der Waals surface area contributed by atoms with Gasteiger partial charge < -0.3 is 15.5 Å². The van der Waals surface area contributed by atoms with Gasteiger partial charge in [-0.1, -0.05) is 0 Å². The minimum absolute atomic E-state index is 0.287. The highest BCUT2D eigenvalue weighted by Crippen LogP contribution is 2.25. The van der Waals surface area contributed by atoms with E-state index in [1.807, 2.05) is 13.8 Å². The van der Waals surface area contributed by atoms with Crippen LogP contribution < -0.4 is 10.6 Å². The highest BCUT2D eigenvalue weighted by molar-refractivity contribution is 7.89. The molecule has 0 atom stereocenters. The number of hydrogen-bond donors (Lipinski definition) is 2. The van der Waals surface area contributed by atoms with E-state index in [0.717, 1.165) is 23.5 Å². The van der Waals surface area contributed by atoms with Crippen molar-refractivity contribution in [3.05, 3.63) is 53.4 Å². The van der Waals surface area contributed by atoms with Crippen LogP contribution in [-0.2, 0) is 10.0 Å². The summed E-state index contributed by atoms with van der Waals surface area (Å²) in [5.74, 6) is -1.92. The van der Waals surface area contributed by atoms with Crippen LogP contribution in [0.1, 0.15) is 24.2 Å². The van der Waals surface area contributed by atoms with E-state index >= 15 is 0 Å². The van der Waals surface area contributed by atoms with Gasteiger partial charge in [-0.05, 0) is 64.0 Å². The van der Waals surface area contributed by atoms with Crippen molar-refractivity contribution in [1.82, 2.24) is 19.5 Å². The van der Waals surface area contributed by atoms with Crippen LogP contribution in [0.25, 0.3) is 0 Å². The Bertz CT molecular complexity index is 1080. The third-order valence-electron chi connectivity index (χ3n) is 5.68. The molecule has 1 aromatic carbocycles. The van der Waals surface area contributed by atoms with Crippen molar-refractivity contribution in [1.29, 1.82) is 0 Å². The second-order valence-corrected chi connectivity index (χ2v) is 10.2. The van der Waals surface area contributed by atoms with Crippen LogP contribution >= 0.6 is 0 Å². The number of piperidine rings is 1. The Morgan fingerprint density at radius 2 is 1.79 bits per heavy atom. The molecule has 1 aliphatic heterocycles. The molecular weight excluding hydrogens is 452 g/mol. The van der Waals surface area contributed by atoms with Crippen LogP contribution in [0.3, 0.4) is 0 Å². The van der Waals surface area contributed by atoms with Crippen molar-refractivity contribution >= 4 is 21.7 Å². The molecule has 11 heteroatoms. The Hall–Kier alpha value is -2.63. The molecule has 2 amide bonds. The number of aryl methyl sites for hydroxylation is 2. The first-order valence-corrected chi connectivity index (χ1v) is 12.2. The number of carbonyl (C=O) groups is 1. The Kier molecular flexibility index (Phi) is 7.98. The standard InChI is InChI=1S/C22H29F2N5O3S/c1-15-12-18(13-16(2)26-15)27-22(30)25-8-11-29-9-6-19(7-10-29)28(3)33(31,32)21-5-4-17(23)14-20(21)24/h4-5,12-14,19H,6-11H2,1-3H3,(H2,25,26,27,30). The Labute approximate surface area is 193 Å². The summed E-state index contributed by atoms with van der Waals surface area (Å²) >= 11 is 0. The SMILES string of the molecule is Cc1cc(NC(=O)NCCN2CCC(N(C)S(=O)(=O)c3ccc(F)cc3F)CC2)cc(C)n1. The zero-order chi connectivity index (χ0) is 24.2. The molecule has 1 fully saturated rings. The van der Waals surface area contributed by atoms with Crippen LogP contribution in [0.15, 0.2) is 35.2 Å². The van der Waals surface area contributed by atoms with Crippen LogP contribution in [-0.4, -0.2) is 67.9 Å². The molecule has 3 rings (SSSR count). The molecule has 2 aromatic rings. The number of aromatic nitrogens is 1. The van der Waals surface area contributed by atoms with Gasteiger partial charge in [-0.2, -0.15) is 4.31 Å². The second-order valence-electron chi connectivity index (χ2n) is 8.19. The number of pyridine rings is 1. The molecule has 0 saturated carbocycles. The highest BCUT2D eigenvalue weighted by atomic mass is 32.2. The van der Waals surface area contributed by atoms with Gasteiger partial charge in [0.1, 0.15) is 16.5 Å². The molecule has 1 aliphatic rings. The number of halogens is 2. The van der Waals surface area contributed by atoms with E-state index in [1.165, 1.54) is 11.4 Å². The molecule has 1 saturated heterocycles. The van der Waals surface area contributed by atoms with E-state index in [9.17, 15) is 22.0 Å². The fraction of sp³-hybridized carbons (Fsp3) is 0.455. The minimum Gasteiger partial charge on any atom is -0.337 e. The number of amides is 2. The van der Waals surface area contributed by atoms with Gasteiger partial charge in [0.25, 0.3) is 0 Å². The lowest BCUT2D eigenvalue weighted by molar-refractivity contribution is 0.170. The maximum absolute atomic E-state index is 14.0. The summed E-state index contributed by atoms with van der Waals surface area (Å²) in [5, 5.41) is 5.60. The summed E-state index contributed by atoms with van der Waals surface area (Å²) in [6, 6.07) is 5.46. The molecule has 1 aromatic heterocycles. The normalized spacial score (nSPS) is 15.6. The topological polar surface area (TPSA) is 94.6 Å². The van der Waals surface area contributed by atoms with Crippen LogP contribution in [0, 0.1) is 25.5 Å². The zero-order valence-electron chi connectivity index (χ0n) is 18.9. The molecular formula is C22H29F2N5O3S. The lowest BCUT2D eigenvalue weighted by Crippen LogP contribution is -2.47. The van der Waals surface area contributed by atoms with Gasteiger partial charge in [-0.15, -0.1) is 0 Å². The van der Waals surface area contributed by atoms with E-state index in [2.05, 4.69) is 20.5 Å². The largest absolute Gasteiger partial charge is 0.337 e. The molecule has 0 aliphatic carbocycles. The molecule has 180 valence electrons. The third kappa shape index (κ3) is 6.46. The predicted octanol–water partition coefficient (Wildman–Crippen LogP) is 2.88. The number of anilines is 1. The van der Waals surface area contributed by atoms with Crippen molar-refractivity contribution in [2.45, 2.75) is 37.6 Å². The molecule has 0 spiro atoms. The van der Waals surface area contributed by atoms with Gasteiger partial charge in [0.05, 0.1) is 0 Å². The predicted molar refractivity (Wildman–Crippen MR) is 122 cm³/mol. The average Bonchev–Trinajstić information content (AvgIpc) is 2.72. The van der Waals surface area contributed by atoms with Crippen LogP contribution in [0.4, 0.5) is 19.3 Å². The van der Waals surface area contributed by atoms with Crippen molar-refractivity contribution in [3.8, 4) is 0 Å². The first kappa shape index (κ1) is 25.0. The number of hydrogen-bond acceptors (Lipinski definition) is 5. The van der Waals surface area contributed by atoms with Crippen molar-refractivity contribution in [3.63, 3.8) is 0 Å². The number of carbonyl (C=O) groups excluding carboxylic acids is 1. The Balaban J connectivity index is 1.45. The fourth-order valence-electron chi connectivity index (χ4n) is 3.95. The van der Waals surface area contributed by atoms with Crippen molar-refractivity contribution in [2.75, 3.05) is 38.5 Å². The summed E-state index contributed by atoms with van der Waals surface area (Å²) in [7, 11) is -2.64. The summed E-state index contributed by atoms with van der Waals surface area (Å²) < 4.78 is 53.9. The molecule has 33 heavy (non-hydrogen) atoms. The average molecular weight is 482 g/mol. The Morgan fingerprint density at radius 3 is 2.39 bits per heavy atom. The van der Waals surface area contributed by atoms with Crippen molar-refractivity contribution in [2.24, 2.45) is 0 Å². The van der Waals surface area contributed by atoms with Gasteiger partial charge >= 0.3 is 6.03 Å². The zero-order valence-corrected chi connectivity index (χ0v) is 19.8.